The first-order valence-corrected chi connectivity index (χ1v) is 11.9. The van der Waals surface area contributed by atoms with Gasteiger partial charge in [0.25, 0.3) is 0 Å². The lowest BCUT2D eigenvalue weighted by Gasteiger charge is -2.43. The minimum absolute atomic E-state index is 0.0313. The number of benzene rings is 1. The van der Waals surface area contributed by atoms with Crippen molar-refractivity contribution in [1.82, 2.24) is 19.6 Å². The van der Waals surface area contributed by atoms with Crippen molar-refractivity contribution in [2.24, 2.45) is 0 Å². The van der Waals surface area contributed by atoms with E-state index >= 15 is 0 Å². The zero-order valence-corrected chi connectivity index (χ0v) is 20.4. The van der Waals surface area contributed by atoms with Crippen LogP contribution in [0.25, 0.3) is 0 Å². The van der Waals surface area contributed by atoms with Gasteiger partial charge in [-0.15, -0.1) is 0 Å². The fraction of sp³-hybridized carbons (Fsp3) is 0.542. The molecule has 10 heteroatoms. The van der Waals surface area contributed by atoms with Gasteiger partial charge in [0.2, 0.25) is 11.8 Å². The number of amides is 2. The summed E-state index contributed by atoms with van der Waals surface area (Å²) in [6.45, 7) is 7.28. The molecule has 34 heavy (non-hydrogen) atoms. The standard InChI is InChI=1S/C24H31ClN4O5/c1-18-13-26-29(14-18)15-23(31)28-7-10-34-24(16-28,12-22(30)27-5-8-32-9-6-27)17-33-20-3-4-21(25)19(2)11-20/h3-4,11,13-14H,5-10,12,15-17H2,1-2H3/t24-/m1/s1. The summed E-state index contributed by atoms with van der Waals surface area (Å²) < 4.78 is 19.3. The van der Waals surface area contributed by atoms with Gasteiger partial charge in [0.1, 0.15) is 24.5 Å². The van der Waals surface area contributed by atoms with Gasteiger partial charge >= 0.3 is 0 Å². The second kappa shape index (κ2) is 10.8. The molecule has 0 radical (unpaired) electrons. The number of ether oxygens (including phenoxy) is 3. The molecule has 2 amide bonds. The molecule has 2 fully saturated rings. The third kappa shape index (κ3) is 6.08. The lowest BCUT2D eigenvalue weighted by Crippen LogP contribution is -2.59. The molecular weight excluding hydrogens is 460 g/mol. The van der Waals surface area contributed by atoms with Gasteiger partial charge in [-0.2, -0.15) is 5.10 Å². The number of halogens is 1. The molecule has 2 saturated heterocycles. The van der Waals surface area contributed by atoms with Gasteiger partial charge in [0, 0.05) is 30.9 Å². The van der Waals surface area contributed by atoms with E-state index in [0.29, 0.717) is 50.2 Å². The number of hydrogen-bond acceptors (Lipinski definition) is 6. The Bertz CT molecular complexity index is 1020. The van der Waals surface area contributed by atoms with Crippen LogP contribution in [0, 0.1) is 13.8 Å². The summed E-state index contributed by atoms with van der Waals surface area (Å²) in [6.07, 6.45) is 3.67. The van der Waals surface area contributed by atoms with Crippen LogP contribution in [0.2, 0.25) is 5.02 Å². The summed E-state index contributed by atoms with van der Waals surface area (Å²) in [7, 11) is 0. The molecule has 1 aromatic carbocycles. The number of morpholine rings is 2. The van der Waals surface area contributed by atoms with Gasteiger partial charge < -0.3 is 24.0 Å². The molecule has 2 aliphatic heterocycles. The first kappa shape index (κ1) is 24.5. The molecule has 0 spiro atoms. The number of carbonyl (C=O) groups is 2. The molecular formula is C24H31ClN4O5. The molecule has 2 aliphatic rings. The van der Waals surface area contributed by atoms with Gasteiger partial charge in [-0.1, -0.05) is 11.6 Å². The van der Waals surface area contributed by atoms with Crippen LogP contribution in [-0.4, -0.2) is 89.6 Å². The smallest absolute Gasteiger partial charge is 0.244 e. The number of rotatable bonds is 7. The molecule has 1 aromatic heterocycles. The van der Waals surface area contributed by atoms with Gasteiger partial charge in [0.05, 0.1) is 39.0 Å². The number of aryl methyl sites for hydroxylation is 2. The number of hydrogen-bond donors (Lipinski definition) is 0. The normalized spacial score (nSPS) is 20.9. The molecule has 0 N–H and O–H groups in total. The van der Waals surface area contributed by atoms with E-state index in [4.69, 9.17) is 25.8 Å². The highest BCUT2D eigenvalue weighted by atomic mass is 35.5. The highest BCUT2D eigenvalue weighted by molar-refractivity contribution is 6.31. The van der Waals surface area contributed by atoms with E-state index in [1.54, 1.807) is 32.8 Å². The SMILES string of the molecule is Cc1cnn(CC(=O)N2CCO[C@](COc3ccc(Cl)c(C)c3)(CC(=O)N3CCOCC3)C2)c1. The highest BCUT2D eigenvalue weighted by Gasteiger charge is 2.42. The van der Waals surface area contributed by atoms with E-state index in [-0.39, 0.29) is 37.9 Å². The Morgan fingerprint density at radius 2 is 1.88 bits per heavy atom. The van der Waals surface area contributed by atoms with Crippen LogP contribution in [0.5, 0.6) is 5.75 Å². The maximum absolute atomic E-state index is 13.2. The maximum atomic E-state index is 13.2. The lowest BCUT2D eigenvalue weighted by molar-refractivity contribution is -0.167. The predicted molar refractivity (Wildman–Crippen MR) is 126 cm³/mol. The van der Waals surface area contributed by atoms with Crippen molar-refractivity contribution in [3.05, 3.63) is 46.7 Å². The highest BCUT2D eigenvalue weighted by Crippen LogP contribution is 2.27. The monoisotopic (exact) mass is 490 g/mol. The van der Waals surface area contributed by atoms with E-state index in [2.05, 4.69) is 5.10 Å². The van der Waals surface area contributed by atoms with E-state index in [9.17, 15) is 9.59 Å². The first-order valence-electron chi connectivity index (χ1n) is 11.5. The summed E-state index contributed by atoms with van der Waals surface area (Å²) in [4.78, 5) is 29.7. The average Bonchev–Trinajstić information content (AvgIpc) is 3.25. The van der Waals surface area contributed by atoms with Crippen molar-refractivity contribution < 1.29 is 23.8 Å². The average molecular weight is 491 g/mol. The summed E-state index contributed by atoms with van der Waals surface area (Å²) in [5.41, 5.74) is 0.928. The molecule has 0 bridgehead atoms. The predicted octanol–water partition coefficient (Wildman–Crippen LogP) is 2.08. The Hall–Kier alpha value is -2.62. The molecule has 9 nitrogen and oxygen atoms in total. The number of carbonyl (C=O) groups excluding carboxylic acids is 2. The molecule has 184 valence electrons. The number of aromatic nitrogens is 2. The van der Waals surface area contributed by atoms with Gasteiger partial charge in [-0.3, -0.25) is 14.3 Å². The van der Waals surface area contributed by atoms with Crippen molar-refractivity contribution in [2.75, 3.05) is 52.6 Å². The van der Waals surface area contributed by atoms with Crippen molar-refractivity contribution in [3.63, 3.8) is 0 Å². The fourth-order valence-corrected chi connectivity index (χ4v) is 4.33. The van der Waals surface area contributed by atoms with Crippen molar-refractivity contribution in [3.8, 4) is 5.75 Å². The first-order chi connectivity index (χ1) is 16.3. The summed E-state index contributed by atoms with van der Waals surface area (Å²) in [5, 5.41) is 4.87. The number of nitrogens with zero attached hydrogens (tertiary/aromatic N) is 4. The molecule has 0 unspecified atom stereocenters. The van der Waals surface area contributed by atoms with Gasteiger partial charge in [0.15, 0.2) is 0 Å². The molecule has 3 heterocycles. The Morgan fingerprint density at radius 1 is 1.12 bits per heavy atom. The van der Waals surface area contributed by atoms with Crippen LogP contribution in [0.1, 0.15) is 17.5 Å². The van der Waals surface area contributed by atoms with Crippen LogP contribution in [0.3, 0.4) is 0 Å². The summed E-state index contributed by atoms with van der Waals surface area (Å²) in [5.74, 6) is 0.535. The van der Waals surface area contributed by atoms with Crippen LogP contribution in [0.15, 0.2) is 30.6 Å². The Kier molecular flexibility index (Phi) is 7.75. The van der Waals surface area contributed by atoms with E-state index in [1.807, 2.05) is 26.1 Å². The molecule has 0 saturated carbocycles. The van der Waals surface area contributed by atoms with Crippen molar-refractivity contribution in [1.29, 1.82) is 0 Å². The molecule has 1 atom stereocenters. The largest absolute Gasteiger partial charge is 0.490 e. The summed E-state index contributed by atoms with van der Waals surface area (Å²) >= 11 is 6.14. The van der Waals surface area contributed by atoms with Crippen LogP contribution >= 0.6 is 11.6 Å². The maximum Gasteiger partial charge on any atom is 0.244 e. The van der Waals surface area contributed by atoms with Crippen molar-refractivity contribution in [2.45, 2.75) is 32.4 Å². The second-order valence-corrected chi connectivity index (χ2v) is 9.34. The van der Waals surface area contributed by atoms with E-state index in [0.717, 1.165) is 11.1 Å². The molecule has 0 aliphatic carbocycles. The van der Waals surface area contributed by atoms with Crippen LogP contribution < -0.4 is 4.74 Å². The van der Waals surface area contributed by atoms with E-state index < -0.39 is 5.60 Å². The van der Waals surface area contributed by atoms with Crippen molar-refractivity contribution >= 4 is 23.4 Å². The second-order valence-electron chi connectivity index (χ2n) is 8.93. The zero-order chi connectivity index (χ0) is 24.1. The third-order valence-corrected chi connectivity index (χ3v) is 6.55. The zero-order valence-electron chi connectivity index (χ0n) is 19.7. The third-order valence-electron chi connectivity index (χ3n) is 6.13. The van der Waals surface area contributed by atoms with E-state index in [1.165, 1.54) is 0 Å². The topological polar surface area (TPSA) is 86.1 Å². The Morgan fingerprint density at radius 3 is 2.59 bits per heavy atom. The molecule has 2 aromatic rings. The minimum atomic E-state index is -0.961. The Labute approximate surface area is 204 Å². The quantitative estimate of drug-likeness (QED) is 0.590. The molecule has 4 rings (SSSR count). The minimum Gasteiger partial charge on any atom is -0.490 e. The summed E-state index contributed by atoms with van der Waals surface area (Å²) in [6, 6.07) is 5.42. The fourth-order valence-electron chi connectivity index (χ4n) is 4.22. The van der Waals surface area contributed by atoms with Gasteiger partial charge in [-0.05, 0) is 43.2 Å². The van der Waals surface area contributed by atoms with Crippen LogP contribution in [-0.2, 0) is 25.6 Å². The van der Waals surface area contributed by atoms with Crippen LogP contribution in [0.4, 0.5) is 0 Å². The Balaban J connectivity index is 1.49. The lowest BCUT2D eigenvalue weighted by atomic mass is 9.96. The van der Waals surface area contributed by atoms with Gasteiger partial charge in [-0.25, -0.2) is 0 Å².